The number of rotatable bonds is 1. The molecule has 3 aromatic carbocycles. The summed E-state index contributed by atoms with van der Waals surface area (Å²) in [6, 6.07) is 23.9. The normalized spacial score (nSPS) is 11.7. The summed E-state index contributed by atoms with van der Waals surface area (Å²) in [4.78, 5) is 3.33. The minimum atomic E-state index is 1.18. The Morgan fingerprint density at radius 2 is 1.65 bits per heavy atom. The van der Waals surface area contributed by atoms with Crippen molar-refractivity contribution >= 4 is 32.7 Å². The van der Waals surface area contributed by atoms with Crippen molar-refractivity contribution in [3.8, 4) is 5.69 Å². The summed E-state index contributed by atoms with van der Waals surface area (Å²) in [6.07, 6.45) is 2.02. The molecule has 0 bridgehead atoms. The first-order chi connectivity index (χ1) is 11.3. The van der Waals surface area contributed by atoms with E-state index >= 15 is 0 Å². The predicted molar refractivity (Wildman–Crippen MR) is 97.4 cm³/mol. The highest BCUT2D eigenvalue weighted by Gasteiger charge is 2.15. The van der Waals surface area contributed by atoms with Crippen molar-refractivity contribution in [3.63, 3.8) is 0 Å². The summed E-state index contributed by atoms with van der Waals surface area (Å²) in [5.41, 5.74) is 6.19. The zero-order chi connectivity index (χ0) is 15.4. The van der Waals surface area contributed by atoms with Crippen molar-refractivity contribution in [1.29, 1.82) is 0 Å². The minimum absolute atomic E-state index is 1.18. The van der Waals surface area contributed by atoms with E-state index in [4.69, 9.17) is 0 Å². The molecule has 0 aliphatic carbocycles. The smallest absolute Gasteiger partial charge is 0.0634 e. The first-order valence-corrected chi connectivity index (χ1v) is 7.89. The maximum Gasteiger partial charge on any atom is 0.0634 e. The third-order valence-corrected chi connectivity index (χ3v) is 4.63. The molecule has 0 atom stereocenters. The number of nitrogens with zero attached hydrogens (tertiary/aromatic N) is 1. The second-order valence-electron chi connectivity index (χ2n) is 6.09. The molecule has 2 nitrogen and oxygen atoms in total. The van der Waals surface area contributed by atoms with Gasteiger partial charge in [-0.15, -0.1) is 0 Å². The number of aromatic amines is 1. The van der Waals surface area contributed by atoms with Crippen molar-refractivity contribution in [1.82, 2.24) is 9.55 Å². The van der Waals surface area contributed by atoms with Gasteiger partial charge in [-0.25, -0.2) is 0 Å². The van der Waals surface area contributed by atoms with Gasteiger partial charge in [0, 0.05) is 33.6 Å². The second-order valence-corrected chi connectivity index (χ2v) is 6.09. The highest BCUT2D eigenvalue weighted by Crippen LogP contribution is 2.36. The molecule has 5 rings (SSSR count). The molecule has 0 unspecified atom stereocenters. The van der Waals surface area contributed by atoms with Gasteiger partial charge in [-0.2, -0.15) is 0 Å². The number of fused-ring (bicyclic) bond motifs is 5. The van der Waals surface area contributed by atoms with Crippen LogP contribution in [0.4, 0.5) is 0 Å². The van der Waals surface area contributed by atoms with Gasteiger partial charge in [-0.05, 0) is 43.3 Å². The molecule has 0 saturated carbocycles. The summed E-state index contributed by atoms with van der Waals surface area (Å²) in [7, 11) is 0. The van der Waals surface area contributed by atoms with Crippen molar-refractivity contribution in [3.05, 3.63) is 78.5 Å². The van der Waals surface area contributed by atoms with Gasteiger partial charge >= 0.3 is 0 Å². The van der Waals surface area contributed by atoms with Gasteiger partial charge in [-0.3, -0.25) is 0 Å². The van der Waals surface area contributed by atoms with E-state index in [0.29, 0.717) is 0 Å². The van der Waals surface area contributed by atoms with Crippen LogP contribution in [0.3, 0.4) is 0 Å². The van der Waals surface area contributed by atoms with Crippen LogP contribution in [0.2, 0.25) is 0 Å². The minimum Gasteiger partial charge on any atom is -0.361 e. The van der Waals surface area contributed by atoms with Crippen LogP contribution in [0, 0.1) is 6.92 Å². The molecular formula is C21H16N2. The highest BCUT2D eigenvalue weighted by molar-refractivity contribution is 6.18. The summed E-state index contributed by atoms with van der Waals surface area (Å²) < 4.78 is 2.38. The molecule has 2 heterocycles. The fourth-order valence-corrected chi connectivity index (χ4v) is 3.60. The maximum absolute atomic E-state index is 3.33. The summed E-state index contributed by atoms with van der Waals surface area (Å²) in [5, 5.41) is 3.88. The van der Waals surface area contributed by atoms with E-state index in [1.54, 1.807) is 0 Å². The lowest BCUT2D eigenvalue weighted by Gasteiger charge is -2.08. The third kappa shape index (κ3) is 1.69. The average molecular weight is 296 g/mol. The van der Waals surface area contributed by atoms with E-state index in [1.165, 1.54) is 44.0 Å². The van der Waals surface area contributed by atoms with Gasteiger partial charge in [-0.1, -0.05) is 35.9 Å². The van der Waals surface area contributed by atoms with Crippen LogP contribution < -0.4 is 0 Å². The lowest BCUT2D eigenvalue weighted by Crippen LogP contribution is -1.93. The SMILES string of the molecule is Cc1ccc2c(c1)c1ccc3[nH]ccc3c1n2-c1ccccc1. The Bertz CT molecular complexity index is 1160. The molecule has 1 N–H and O–H groups in total. The molecule has 0 aliphatic rings. The molecule has 0 aliphatic heterocycles. The summed E-state index contributed by atoms with van der Waals surface area (Å²) >= 11 is 0. The zero-order valence-corrected chi connectivity index (χ0v) is 12.9. The van der Waals surface area contributed by atoms with Gasteiger partial charge in [0.2, 0.25) is 0 Å². The molecule has 0 radical (unpaired) electrons. The summed E-state index contributed by atoms with van der Waals surface area (Å²) in [5.74, 6) is 0. The molecule has 2 aromatic heterocycles. The van der Waals surface area contributed by atoms with Crippen LogP contribution in [0.15, 0.2) is 72.9 Å². The second kappa shape index (κ2) is 4.50. The molecule has 0 amide bonds. The van der Waals surface area contributed by atoms with E-state index in [2.05, 4.69) is 83.2 Å². The summed E-state index contributed by atoms with van der Waals surface area (Å²) in [6.45, 7) is 2.15. The Hall–Kier alpha value is -3.00. The van der Waals surface area contributed by atoms with Crippen molar-refractivity contribution in [2.45, 2.75) is 6.92 Å². The van der Waals surface area contributed by atoms with Crippen molar-refractivity contribution in [2.75, 3.05) is 0 Å². The van der Waals surface area contributed by atoms with Crippen LogP contribution in [-0.4, -0.2) is 9.55 Å². The van der Waals surface area contributed by atoms with E-state index in [9.17, 15) is 0 Å². The van der Waals surface area contributed by atoms with Gasteiger partial charge in [0.05, 0.1) is 11.0 Å². The topological polar surface area (TPSA) is 20.7 Å². The average Bonchev–Trinajstić information content (AvgIpc) is 3.17. The van der Waals surface area contributed by atoms with Crippen LogP contribution in [0.1, 0.15) is 5.56 Å². The Morgan fingerprint density at radius 1 is 0.783 bits per heavy atom. The van der Waals surface area contributed by atoms with Gasteiger partial charge in [0.25, 0.3) is 0 Å². The standard InChI is InChI=1S/C21H16N2/c1-14-7-10-20-18(13-14)16-8-9-19-17(11-12-22-19)21(16)23(20)15-5-3-2-4-6-15/h2-13,22H,1H3. The van der Waals surface area contributed by atoms with Gasteiger partial charge in [0.15, 0.2) is 0 Å². The van der Waals surface area contributed by atoms with Crippen molar-refractivity contribution in [2.24, 2.45) is 0 Å². The molecule has 0 fully saturated rings. The maximum atomic E-state index is 3.33. The molecule has 2 heteroatoms. The monoisotopic (exact) mass is 296 g/mol. The number of aromatic nitrogens is 2. The number of benzene rings is 3. The number of hydrogen-bond donors (Lipinski definition) is 1. The third-order valence-electron chi connectivity index (χ3n) is 4.63. The number of aryl methyl sites for hydroxylation is 1. The molecule has 23 heavy (non-hydrogen) atoms. The van der Waals surface area contributed by atoms with Crippen molar-refractivity contribution < 1.29 is 0 Å². The van der Waals surface area contributed by atoms with E-state index < -0.39 is 0 Å². The lowest BCUT2D eigenvalue weighted by molar-refractivity contribution is 1.19. The molecular weight excluding hydrogens is 280 g/mol. The predicted octanol–water partition coefficient (Wildman–Crippen LogP) is 5.57. The van der Waals surface area contributed by atoms with Crippen LogP contribution in [0.5, 0.6) is 0 Å². The Morgan fingerprint density at radius 3 is 2.52 bits per heavy atom. The lowest BCUT2D eigenvalue weighted by atomic mass is 10.1. The number of hydrogen-bond acceptors (Lipinski definition) is 0. The van der Waals surface area contributed by atoms with Gasteiger partial charge in [0.1, 0.15) is 0 Å². The molecule has 0 saturated heterocycles. The van der Waals surface area contributed by atoms with E-state index in [1.807, 2.05) is 6.20 Å². The zero-order valence-electron chi connectivity index (χ0n) is 12.9. The van der Waals surface area contributed by atoms with Crippen LogP contribution in [0.25, 0.3) is 38.4 Å². The van der Waals surface area contributed by atoms with E-state index in [0.717, 1.165) is 0 Å². The number of H-pyrrole nitrogens is 1. The number of para-hydroxylation sites is 1. The molecule has 110 valence electrons. The Kier molecular flexibility index (Phi) is 2.45. The quantitative estimate of drug-likeness (QED) is 0.417. The molecule has 0 spiro atoms. The van der Waals surface area contributed by atoms with E-state index in [-0.39, 0.29) is 0 Å². The first-order valence-electron chi connectivity index (χ1n) is 7.89. The molecule has 5 aromatic rings. The number of nitrogens with one attached hydrogen (secondary N) is 1. The van der Waals surface area contributed by atoms with Crippen LogP contribution >= 0.6 is 0 Å². The largest absolute Gasteiger partial charge is 0.361 e. The first kappa shape index (κ1) is 12.5. The van der Waals surface area contributed by atoms with Gasteiger partial charge < -0.3 is 9.55 Å². The fourth-order valence-electron chi connectivity index (χ4n) is 3.60. The highest BCUT2D eigenvalue weighted by atomic mass is 15.0. The fraction of sp³-hybridized carbons (Fsp3) is 0.0476. The van der Waals surface area contributed by atoms with Crippen LogP contribution in [-0.2, 0) is 0 Å². The Balaban J connectivity index is 2.09. The Labute approximate surface area is 134 Å².